The Morgan fingerprint density at radius 1 is 0.784 bits per heavy atom. The first-order chi connectivity index (χ1) is 17.9. The lowest BCUT2D eigenvalue weighted by atomic mass is 10.00. The maximum absolute atomic E-state index is 12.9. The highest BCUT2D eigenvalue weighted by Crippen LogP contribution is 2.33. The molecule has 0 fully saturated rings. The lowest BCUT2D eigenvalue weighted by molar-refractivity contribution is -0.132. The van der Waals surface area contributed by atoms with E-state index in [0.29, 0.717) is 40.6 Å². The monoisotopic (exact) mass is 495 g/mol. The summed E-state index contributed by atoms with van der Waals surface area (Å²) in [5.74, 6) is 0.0284. The van der Waals surface area contributed by atoms with Crippen molar-refractivity contribution in [2.75, 3.05) is 5.32 Å². The number of esters is 2. The van der Waals surface area contributed by atoms with Crippen LogP contribution in [-0.2, 0) is 27.2 Å². The first-order valence-electron chi connectivity index (χ1n) is 11.6. The average Bonchev–Trinajstić information content (AvgIpc) is 2.87. The van der Waals surface area contributed by atoms with Gasteiger partial charge in [-0.3, -0.25) is 19.4 Å². The zero-order valence-electron chi connectivity index (χ0n) is 20.4. The van der Waals surface area contributed by atoms with Crippen LogP contribution in [0.4, 0.5) is 5.82 Å². The molecular weight excluding hydrogens is 470 g/mol. The minimum atomic E-state index is -0.461. The van der Waals surface area contributed by atoms with Crippen LogP contribution in [-0.4, -0.2) is 27.8 Å². The third-order valence-electron chi connectivity index (χ3n) is 5.34. The molecule has 0 radical (unpaired) electrons. The molecule has 0 aliphatic carbocycles. The highest BCUT2D eigenvalue weighted by Gasteiger charge is 2.14. The van der Waals surface area contributed by atoms with Crippen molar-refractivity contribution in [3.63, 3.8) is 0 Å². The molecule has 1 aromatic heterocycles. The standard InChI is InChI=1S/C29H25N3O5/c1-19(33)36-24-11-9-23(10-12-24)25-16-22(8-13-27(25)37-20(2)34)18-28(35)32-29-26(30-14-15-31-29)17-21-6-4-3-5-7-21/h3-16H,17-18H2,1-2H3,(H,31,32,35). The molecule has 1 amide bonds. The van der Waals surface area contributed by atoms with E-state index in [9.17, 15) is 14.4 Å². The van der Waals surface area contributed by atoms with Gasteiger partial charge in [-0.1, -0.05) is 48.5 Å². The summed E-state index contributed by atoms with van der Waals surface area (Å²) in [6.45, 7) is 2.65. The molecule has 4 aromatic rings. The van der Waals surface area contributed by atoms with E-state index in [-0.39, 0.29) is 12.3 Å². The van der Waals surface area contributed by atoms with E-state index in [1.165, 1.54) is 20.0 Å². The van der Waals surface area contributed by atoms with Gasteiger partial charge in [0.1, 0.15) is 11.5 Å². The molecule has 1 heterocycles. The summed E-state index contributed by atoms with van der Waals surface area (Å²) >= 11 is 0. The van der Waals surface area contributed by atoms with Crippen molar-refractivity contribution in [3.05, 3.63) is 102 Å². The van der Waals surface area contributed by atoms with Crippen LogP contribution in [0, 0.1) is 0 Å². The predicted molar refractivity (Wildman–Crippen MR) is 138 cm³/mol. The van der Waals surface area contributed by atoms with Crippen LogP contribution >= 0.6 is 0 Å². The number of carbonyl (C=O) groups is 3. The van der Waals surface area contributed by atoms with Crippen molar-refractivity contribution < 1.29 is 23.9 Å². The average molecular weight is 496 g/mol. The molecule has 8 heteroatoms. The van der Waals surface area contributed by atoms with Crippen molar-refractivity contribution in [3.8, 4) is 22.6 Å². The van der Waals surface area contributed by atoms with Crippen LogP contribution in [0.1, 0.15) is 30.7 Å². The highest BCUT2D eigenvalue weighted by atomic mass is 16.5. The minimum absolute atomic E-state index is 0.0697. The number of nitrogens with one attached hydrogen (secondary N) is 1. The SMILES string of the molecule is CC(=O)Oc1ccc(-c2cc(CC(=O)Nc3nccnc3Cc3ccccc3)ccc2OC(C)=O)cc1. The second-order valence-corrected chi connectivity index (χ2v) is 8.28. The first-order valence-corrected chi connectivity index (χ1v) is 11.6. The Morgan fingerprint density at radius 2 is 1.49 bits per heavy atom. The van der Waals surface area contributed by atoms with E-state index in [1.54, 1.807) is 48.7 Å². The van der Waals surface area contributed by atoms with Crippen molar-refractivity contribution in [2.24, 2.45) is 0 Å². The number of nitrogens with zero attached hydrogens (tertiary/aromatic N) is 2. The first kappa shape index (κ1) is 25.2. The topological polar surface area (TPSA) is 107 Å². The summed E-state index contributed by atoms with van der Waals surface area (Å²) in [6.07, 6.45) is 3.74. The Labute approximate surface area is 214 Å². The molecule has 0 atom stereocenters. The van der Waals surface area contributed by atoms with Crippen LogP contribution < -0.4 is 14.8 Å². The summed E-state index contributed by atoms with van der Waals surface area (Å²) in [7, 11) is 0. The maximum atomic E-state index is 12.9. The molecule has 37 heavy (non-hydrogen) atoms. The van der Waals surface area contributed by atoms with Gasteiger partial charge in [0.25, 0.3) is 0 Å². The molecule has 0 unspecified atom stereocenters. The van der Waals surface area contributed by atoms with Gasteiger partial charge in [0.2, 0.25) is 5.91 Å². The van der Waals surface area contributed by atoms with E-state index >= 15 is 0 Å². The zero-order chi connectivity index (χ0) is 26.2. The van der Waals surface area contributed by atoms with Gasteiger partial charge in [-0.2, -0.15) is 0 Å². The highest BCUT2D eigenvalue weighted by molar-refractivity contribution is 5.92. The van der Waals surface area contributed by atoms with E-state index in [1.807, 2.05) is 30.3 Å². The molecule has 0 aliphatic rings. The van der Waals surface area contributed by atoms with Crippen molar-refractivity contribution in [1.29, 1.82) is 0 Å². The number of carbonyl (C=O) groups excluding carboxylic acids is 3. The molecule has 1 N–H and O–H groups in total. The number of aromatic nitrogens is 2. The van der Waals surface area contributed by atoms with Gasteiger partial charge in [0.05, 0.1) is 12.1 Å². The van der Waals surface area contributed by atoms with E-state index in [2.05, 4.69) is 15.3 Å². The molecule has 0 saturated heterocycles. The van der Waals surface area contributed by atoms with E-state index < -0.39 is 11.9 Å². The number of hydrogen-bond donors (Lipinski definition) is 1. The predicted octanol–water partition coefficient (Wildman–Crippen LogP) is 4.77. The number of hydrogen-bond acceptors (Lipinski definition) is 7. The van der Waals surface area contributed by atoms with Crippen LogP contribution in [0.3, 0.4) is 0 Å². The zero-order valence-corrected chi connectivity index (χ0v) is 20.4. The van der Waals surface area contributed by atoms with Gasteiger partial charge in [0, 0.05) is 38.2 Å². The maximum Gasteiger partial charge on any atom is 0.308 e. The van der Waals surface area contributed by atoms with Crippen LogP contribution in [0.2, 0.25) is 0 Å². The molecule has 186 valence electrons. The molecule has 0 aliphatic heterocycles. The number of rotatable bonds is 8. The van der Waals surface area contributed by atoms with Crippen molar-refractivity contribution in [2.45, 2.75) is 26.7 Å². The molecular formula is C29H25N3O5. The van der Waals surface area contributed by atoms with Crippen molar-refractivity contribution in [1.82, 2.24) is 9.97 Å². The molecule has 8 nitrogen and oxygen atoms in total. The molecule has 0 bridgehead atoms. The Bertz CT molecular complexity index is 1420. The normalized spacial score (nSPS) is 10.4. The van der Waals surface area contributed by atoms with Crippen LogP contribution in [0.25, 0.3) is 11.1 Å². The summed E-state index contributed by atoms with van der Waals surface area (Å²) in [5, 5.41) is 2.86. The fraction of sp³-hybridized carbons (Fsp3) is 0.138. The number of amides is 1. The Balaban J connectivity index is 1.54. The summed E-state index contributed by atoms with van der Waals surface area (Å²) in [4.78, 5) is 44.5. The summed E-state index contributed by atoms with van der Waals surface area (Å²) in [6, 6.07) is 21.8. The van der Waals surface area contributed by atoms with Gasteiger partial charge >= 0.3 is 11.9 Å². The number of anilines is 1. The van der Waals surface area contributed by atoms with Crippen LogP contribution in [0.15, 0.2) is 85.2 Å². The lowest BCUT2D eigenvalue weighted by Gasteiger charge is -2.13. The van der Waals surface area contributed by atoms with Gasteiger partial charge in [0.15, 0.2) is 5.82 Å². The van der Waals surface area contributed by atoms with Gasteiger partial charge in [-0.15, -0.1) is 0 Å². The largest absolute Gasteiger partial charge is 0.427 e. The van der Waals surface area contributed by atoms with Gasteiger partial charge < -0.3 is 14.8 Å². The summed E-state index contributed by atoms with van der Waals surface area (Å²) < 4.78 is 10.5. The molecule has 0 saturated carbocycles. The fourth-order valence-corrected chi connectivity index (χ4v) is 3.78. The second-order valence-electron chi connectivity index (χ2n) is 8.28. The quantitative estimate of drug-likeness (QED) is 0.277. The Hall–Kier alpha value is -4.85. The van der Waals surface area contributed by atoms with Crippen LogP contribution in [0.5, 0.6) is 11.5 Å². The smallest absolute Gasteiger partial charge is 0.308 e. The molecule has 4 rings (SSSR count). The fourth-order valence-electron chi connectivity index (χ4n) is 3.78. The molecule has 0 spiro atoms. The van der Waals surface area contributed by atoms with Gasteiger partial charge in [-0.25, -0.2) is 4.98 Å². The third kappa shape index (κ3) is 7.08. The Kier molecular flexibility index (Phi) is 8.00. The number of ether oxygens (including phenoxy) is 2. The number of benzene rings is 3. The second kappa shape index (κ2) is 11.7. The van der Waals surface area contributed by atoms with Crippen molar-refractivity contribution >= 4 is 23.7 Å². The van der Waals surface area contributed by atoms with E-state index in [0.717, 1.165) is 11.1 Å². The summed E-state index contributed by atoms with van der Waals surface area (Å²) in [5.41, 5.74) is 3.79. The van der Waals surface area contributed by atoms with Gasteiger partial charge in [-0.05, 0) is 41.0 Å². The Morgan fingerprint density at radius 3 is 2.19 bits per heavy atom. The minimum Gasteiger partial charge on any atom is -0.427 e. The third-order valence-corrected chi connectivity index (χ3v) is 5.34. The molecule has 3 aromatic carbocycles. The van der Waals surface area contributed by atoms with E-state index in [4.69, 9.17) is 9.47 Å². The lowest BCUT2D eigenvalue weighted by Crippen LogP contribution is -2.17.